The van der Waals surface area contributed by atoms with Crippen LogP contribution in [0.5, 0.6) is 0 Å². The molecule has 0 saturated heterocycles. The molecule has 1 N–H and O–H groups in total. The lowest BCUT2D eigenvalue weighted by atomic mass is 10.2. The van der Waals surface area contributed by atoms with Gasteiger partial charge < -0.3 is 4.98 Å². The maximum Gasteiger partial charge on any atom is 0.263 e. The Balaban J connectivity index is 1.73. The fourth-order valence-electron chi connectivity index (χ4n) is 3.20. The molecule has 0 aliphatic rings. The van der Waals surface area contributed by atoms with E-state index in [1.807, 2.05) is 60.8 Å². The molecule has 5 rings (SSSR count). The van der Waals surface area contributed by atoms with E-state index in [9.17, 15) is 4.79 Å². The van der Waals surface area contributed by atoms with Crippen molar-refractivity contribution in [3.05, 3.63) is 84.7 Å². The van der Waals surface area contributed by atoms with Gasteiger partial charge in [0.2, 0.25) is 0 Å². The molecule has 0 atom stereocenters. The minimum atomic E-state index is -0.114. The van der Waals surface area contributed by atoms with Crippen molar-refractivity contribution in [2.45, 2.75) is 0 Å². The standard InChI is InChI=1S/C21H14N4O/c26-21(14-7-2-1-3-8-14)25-13-16(15-9-6-12-22-20(15)25)19-23-17-10-4-5-11-18(17)24-19/h1-13H,(H,23,24). The summed E-state index contributed by atoms with van der Waals surface area (Å²) in [5.41, 5.74) is 3.94. The second kappa shape index (κ2) is 5.67. The lowest BCUT2D eigenvalue weighted by Gasteiger charge is -2.02. The Kier molecular flexibility index (Phi) is 3.18. The summed E-state index contributed by atoms with van der Waals surface area (Å²) in [6.45, 7) is 0. The Morgan fingerprint density at radius 3 is 2.58 bits per heavy atom. The molecule has 3 aromatic heterocycles. The number of aromatic nitrogens is 4. The van der Waals surface area contributed by atoms with Crippen molar-refractivity contribution in [3.8, 4) is 11.4 Å². The van der Waals surface area contributed by atoms with Gasteiger partial charge in [-0.3, -0.25) is 9.36 Å². The average Bonchev–Trinajstić information content (AvgIpc) is 3.29. The third-order valence-corrected chi connectivity index (χ3v) is 4.45. The minimum absolute atomic E-state index is 0.114. The summed E-state index contributed by atoms with van der Waals surface area (Å²) in [6.07, 6.45) is 3.50. The molecule has 0 unspecified atom stereocenters. The minimum Gasteiger partial charge on any atom is -0.338 e. The van der Waals surface area contributed by atoms with Crippen LogP contribution in [-0.4, -0.2) is 25.4 Å². The number of carbonyl (C=O) groups excluding carboxylic acids is 1. The summed E-state index contributed by atoms with van der Waals surface area (Å²) in [5, 5.41) is 0.885. The normalized spacial score (nSPS) is 11.2. The van der Waals surface area contributed by atoms with E-state index in [0.717, 1.165) is 27.8 Å². The molecule has 5 aromatic rings. The third-order valence-electron chi connectivity index (χ3n) is 4.45. The number of rotatable bonds is 2. The van der Waals surface area contributed by atoms with Gasteiger partial charge in [0.15, 0.2) is 0 Å². The van der Waals surface area contributed by atoms with Crippen molar-refractivity contribution in [2.24, 2.45) is 0 Å². The zero-order valence-electron chi connectivity index (χ0n) is 13.8. The zero-order chi connectivity index (χ0) is 17.5. The molecule has 0 radical (unpaired) electrons. The number of fused-ring (bicyclic) bond motifs is 2. The van der Waals surface area contributed by atoms with Crippen LogP contribution in [0.3, 0.4) is 0 Å². The molecule has 0 amide bonds. The first kappa shape index (κ1) is 14.6. The van der Waals surface area contributed by atoms with E-state index in [1.54, 1.807) is 22.9 Å². The van der Waals surface area contributed by atoms with Crippen LogP contribution in [0.25, 0.3) is 33.5 Å². The van der Waals surface area contributed by atoms with Gasteiger partial charge in [0.1, 0.15) is 11.5 Å². The maximum atomic E-state index is 13.0. The van der Waals surface area contributed by atoms with Gasteiger partial charge in [-0.25, -0.2) is 9.97 Å². The maximum absolute atomic E-state index is 13.0. The van der Waals surface area contributed by atoms with Crippen molar-refractivity contribution in [2.75, 3.05) is 0 Å². The predicted molar refractivity (Wildman–Crippen MR) is 101 cm³/mol. The number of aromatic amines is 1. The van der Waals surface area contributed by atoms with Crippen LogP contribution in [0.1, 0.15) is 10.4 Å². The zero-order valence-corrected chi connectivity index (χ0v) is 13.8. The van der Waals surface area contributed by atoms with E-state index in [1.165, 1.54) is 0 Å². The Labute approximate surface area is 149 Å². The van der Waals surface area contributed by atoms with E-state index >= 15 is 0 Å². The lowest BCUT2D eigenvalue weighted by Crippen LogP contribution is -2.11. The quantitative estimate of drug-likeness (QED) is 0.523. The number of hydrogen-bond donors (Lipinski definition) is 1. The Morgan fingerprint density at radius 2 is 1.73 bits per heavy atom. The van der Waals surface area contributed by atoms with Crippen LogP contribution in [-0.2, 0) is 0 Å². The first-order valence-electron chi connectivity index (χ1n) is 8.32. The monoisotopic (exact) mass is 338 g/mol. The van der Waals surface area contributed by atoms with Crippen molar-refractivity contribution < 1.29 is 4.79 Å². The number of hydrogen-bond acceptors (Lipinski definition) is 3. The molecule has 2 aromatic carbocycles. The van der Waals surface area contributed by atoms with Gasteiger partial charge in [0, 0.05) is 28.9 Å². The third kappa shape index (κ3) is 2.22. The molecule has 0 aliphatic heterocycles. The summed E-state index contributed by atoms with van der Waals surface area (Å²) in [4.78, 5) is 25.4. The average molecular weight is 338 g/mol. The molecule has 3 heterocycles. The highest BCUT2D eigenvalue weighted by molar-refractivity contribution is 6.05. The Bertz CT molecular complexity index is 1220. The second-order valence-electron chi connectivity index (χ2n) is 6.06. The van der Waals surface area contributed by atoms with Crippen molar-refractivity contribution >= 4 is 28.0 Å². The van der Waals surface area contributed by atoms with Crippen LogP contribution >= 0.6 is 0 Å². The summed E-state index contributed by atoms with van der Waals surface area (Å²) in [6, 6.07) is 20.9. The molecule has 5 heteroatoms. The molecule has 0 saturated carbocycles. The number of nitrogens with one attached hydrogen (secondary N) is 1. The van der Waals surface area contributed by atoms with Gasteiger partial charge in [0.25, 0.3) is 5.91 Å². The lowest BCUT2D eigenvalue weighted by molar-refractivity contribution is 0.0964. The topological polar surface area (TPSA) is 63.6 Å². The van der Waals surface area contributed by atoms with Crippen LogP contribution in [0.4, 0.5) is 0 Å². The highest BCUT2D eigenvalue weighted by Crippen LogP contribution is 2.29. The smallest absolute Gasteiger partial charge is 0.263 e. The van der Waals surface area contributed by atoms with Crippen LogP contribution in [0.15, 0.2) is 79.1 Å². The molecular formula is C21H14N4O. The fourth-order valence-corrected chi connectivity index (χ4v) is 3.20. The summed E-state index contributed by atoms with van der Waals surface area (Å²) in [5.74, 6) is 0.612. The first-order valence-corrected chi connectivity index (χ1v) is 8.32. The van der Waals surface area contributed by atoms with Crippen molar-refractivity contribution in [1.82, 2.24) is 19.5 Å². The van der Waals surface area contributed by atoms with E-state index in [0.29, 0.717) is 11.2 Å². The van der Waals surface area contributed by atoms with Gasteiger partial charge in [-0.1, -0.05) is 30.3 Å². The molecule has 5 nitrogen and oxygen atoms in total. The van der Waals surface area contributed by atoms with Gasteiger partial charge in [-0.2, -0.15) is 0 Å². The molecule has 0 bridgehead atoms. The number of imidazole rings is 1. The molecule has 0 fully saturated rings. The van der Waals surface area contributed by atoms with E-state index in [-0.39, 0.29) is 5.91 Å². The first-order chi connectivity index (χ1) is 12.8. The van der Waals surface area contributed by atoms with Gasteiger partial charge in [-0.15, -0.1) is 0 Å². The molecule has 0 aliphatic carbocycles. The largest absolute Gasteiger partial charge is 0.338 e. The molecular weight excluding hydrogens is 324 g/mol. The summed E-state index contributed by atoms with van der Waals surface area (Å²) >= 11 is 0. The Hall–Kier alpha value is -3.73. The molecule has 0 spiro atoms. The number of nitrogens with zero attached hydrogens (tertiary/aromatic N) is 3. The summed E-state index contributed by atoms with van der Waals surface area (Å²) < 4.78 is 1.59. The van der Waals surface area contributed by atoms with E-state index in [2.05, 4.69) is 15.0 Å². The van der Waals surface area contributed by atoms with Crippen LogP contribution < -0.4 is 0 Å². The van der Waals surface area contributed by atoms with Crippen LogP contribution in [0, 0.1) is 0 Å². The fraction of sp³-hybridized carbons (Fsp3) is 0. The van der Waals surface area contributed by atoms with Gasteiger partial charge >= 0.3 is 0 Å². The number of para-hydroxylation sites is 2. The predicted octanol–water partition coefficient (Wildman–Crippen LogP) is 4.27. The second-order valence-corrected chi connectivity index (χ2v) is 6.06. The van der Waals surface area contributed by atoms with Crippen LogP contribution in [0.2, 0.25) is 0 Å². The highest BCUT2D eigenvalue weighted by Gasteiger charge is 2.18. The highest BCUT2D eigenvalue weighted by atomic mass is 16.2. The molecule has 124 valence electrons. The number of carbonyl (C=O) groups is 1. The van der Waals surface area contributed by atoms with E-state index in [4.69, 9.17) is 0 Å². The van der Waals surface area contributed by atoms with Crippen molar-refractivity contribution in [3.63, 3.8) is 0 Å². The van der Waals surface area contributed by atoms with Gasteiger partial charge in [-0.05, 0) is 36.4 Å². The number of H-pyrrole nitrogens is 1. The SMILES string of the molecule is O=C(c1ccccc1)n1cc(-c2nc3ccccc3[nH]2)c2cccnc21. The molecule has 26 heavy (non-hydrogen) atoms. The van der Waals surface area contributed by atoms with E-state index < -0.39 is 0 Å². The number of pyridine rings is 1. The van der Waals surface area contributed by atoms with Crippen molar-refractivity contribution in [1.29, 1.82) is 0 Å². The number of benzene rings is 2. The van der Waals surface area contributed by atoms with Gasteiger partial charge in [0.05, 0.1) is 11.0 Å². The summed E-state index contributed by atoms with van der Waals surface area (Å²) in [7, 11) is 0. The Morgan fingerprint density at radius 1 is 0.923 bits per heavy atom.